The summed E-state index contributed by atoms with van der Waals surface area (Å²) < 4.78 is 12.7. The second-order valence-electron chi connectivity index (χ2n) is 6.17. The van der Waals surface area contributed by atoms with Gasteiger partial charge in [-0.2, -0.15) is 0 Å². The van der Waals surface area contributed by atoms with Crippen LogP contribution in [0.3, 0.4) is 0 Å². The monoisotopic (exact) mass is 388 g/mol. The number of rotatable bonds is 2. The fourth-order valence-corrected chi connectivity index (χ4v) is 3.90. The zero-order valence-electron chi connectivity index (χ0n) is 13.4. The Labute approximate surface area is 148 Å². The first kappa shape index (κ1) is 15.3. The summed E-state index contributed by atoms with van der Waals surface area (Å²) in [5, 5.41) is 3.09. The van der Waals surface area contributed by atoms with Crippen LogP contribution in [0, 0.1) is 0 Å². The van der Waals surface area contributed by atoms with Gasteiger partial charge < -0.3 is 14.8 Å². The van der Waals surface area contributed by atoms with Crippen molar-refractivity contribution in [2.75, 3.05) is 12.0 Å². The van der Waals surface area contributed by atoms with Crippen LogP contribution in [0.4, 0.5) is 10.5 Å². The van der Waals surface area contributed by atoms with Crippen LogP contribution in [-0.4, -0.2) is 18.9 Å². The summed E-state index contributed by atoms with van der Waals surface area (Å²) in [5.41, 5.74) is 0.913. The van der Waals surface area contributed by atoms with E-state index in [0.29, 0.717) is 17.9 Å². The fourth-order valence-electron chi connectivity index (χ4n) is 3.52. The van der Waals surface area contributed by atoms with Crippen LogP contribution in [0.1, 0.15) is 24.9 Å². The number of para-hydroxylation sites is 2. The number of amides is 2. The summed E-state index contributed by atoms with van der Waals surface area (Å²) in [4.78, 5) is 14.5. The third-order valence-corrected chi connectivity index (χ3v) is 5.05. The number of ether oxygens (including phenoxy) is 2. The number of benzene rings is 2. The molecule has 0 aromatic heterocycles. The molecule has 2 atom stereocenters. The number of carbonyl (C=O) groups excluding carboxylic acids is 1. The minimum Gasteiger partial charge on any atom is -0.495 e. The molecular weight excluding hydrogens is 372 g/mol. The second kappa shape index (κ2) is 5.41. The number of urea groups is 1. The molecular formula is C18H17BrN2O3. The molecule has 2 heterocycles. The number of carbonyl (C=O) groups is 1. The number of anilines is 1. The standard InChI is InChI=1S/C18H17BrN2O3/c1-18-10-13(12-9-11(19)7-8-15(12)24-18)20-17(22)21(18)14-5-3-4-6-16(14)23-2/h3-9,13H,10H2,1-2H3,(H,20,22)/t13-,18+/m0/s1. The highest BCUT2D eigenvalue weighted by Gasteiger charge is 2.50. The van der Waals surface area contributed by atoms with Gasteiger partial charge in [0.25, 0.3) is 0 Å². The van der Waals surface area contributed by atoms with Gasteiger partial charge in [0.1, 0.15) is 11.5 Å². The summed E-state index contributed by atoms with van der Waals surface area (Å²) in [6, 6.07) is 13.1. The summed E-state index contributed by atoms with van der Waals surface area (Å²) in [6.45, 7) is 1.94. The Morgan fingerprint density at radius 2 is 2.12 bits per heavy atom. The van der Waals surface area contributed by atoms with Crippen molar-refractivity contribution < 1.29 is 14.3 Å². The van der Waals surface area contributed by atoms with E-state index in [1.807, 2.05) is 49.4 Å². The Morgan fingerprint density at radius 3 is 2.92 bits per heavy atom. The van der Waals surface area contributed by atoms with Gasteiger partial charge in [0.15, 0.2) is 5.72 Å². The molecule has 0 spiro atoms. The maximum Gasteiger partial charge on any atom is 0.325 e. The molecule has 2 aromatic rings. The second-order valence-corrected chi connectivity index (χ2v) is 7.09. The Bertz CT molecular complexity index is 826. The Morgan fingerprint density at radius 1 is 1.33 bits per heavy atom. The summed E-state index contributed by atoms with van der Waals surface area (Å²) in [6.07, 6.45) is 0.653. The molecule has 6 heteroatoms. The average molecular weight is 389 g/mol. The first-order valence-electron chi connectivity index (χ1n) is 7.74. The number of nitrogens with one attached hydrogen (secondary N) is 1. The van der Waals surface area contributed by atoms with Gasteiger partial charge in [-0.1, -0.05) is 28.1 Å². The van der Waals surface area contributed by atoms with Crippen LogP contribution in [0.2, 0.25) is 0 Å². The summed E-state index contributed by atoms with van der Waals surface area (Å²) >= 11 is 3.48. The van der Waals surface area contributed by atoms with Crippen molar-refractivity contribution in [1.29, 1.82) is 0 Å². The van der Waals surface area contributed by atoms with Crippen LogP contribution >= 0.6 is 15.9 Å². The van der Waals surface area contributed by atoms with Crippen LogP contribution in [-0.2, 0) is 0 Å². The molecule has 0 unspecified atom stereocenters. The van der Waals surface area contributed by atoms with Crippen molar-refractivity contribution in [2.24, 2.45) is 0 Å². The minimum atomic E-state index is -0.775. The molecule has 2 amide bonds. The van der Waals surface area contributed by atoms with E-state index < -0.39 is 5.72 Å². The minimum absolute atomic E-state index is 0.0743. The normalized spacial score (nSPS) is 24.7. The molecule has 1 saturated heterocycles. The quantitative estimate of drug-likeness (QED) is 0.837. The average Bonchev–Trinajstić information content (AvgIpc) is 2.55. The van der Waals surface area contributed by atoms with E-state index in [-0.39, 0.29) is 12.1 Å². The van der Waals surface area contributed by atoms with Crippen molar-refractivity contribution >= 4 is 27.6 Å². The maximum atomic E-state index is 12.8. The molecule has 5 nitrogen and oxygen atoms in total. The molecule has 0 saturated carbocycles. The van der Waals surface area contributed by atoms with Crippen molar-refractivity contribution in [3.63, 3.8) is 0 Å². The van der Waals surface area contributed by atoms with Crippen LogP contribution in [0.25, 0.3) is 0 Å². The topological polar surface area (TPSA) is 50.8 Å². The van der Waals surface area contributed by atoms with Crippen molar-refractivity contribution in [1.82, 2.24) is 5.32 Å². The molecule has 1 fully saturated rings. The lowest BCUT2D eigenvalue weighted by Gasteiger charge is -2.50. The number of halogens is 1. The van der Waals surface area contributed by atoms with E-state index >= 15 is 0 Å². The molecule has 124 valence electrons. The predicted octanol–water partition coefficient (Wildman–Crippen LogP) is 4.23. The number of methoxy groups -OCH3 is 1. The predicted molar refractivity (Wildman–Crippen MR) is 94.5 cm³/mol. The van der Waals surface area contributed by atoms with E-state index in [0.717, 1.165) is 15.8 Å². The molecule has 2 bridgehead atoms. The molecule has 24 heavy (non-hydrogen) atoms. The molecule has 0 radical (unpaired) electrons. The van der Waals surface area contributed by atoms with Crippen LogP contribution in [0.15, 0.2) is 46.9 Å². The lowest BCUT2D eigenvalue weighted by Crippen LogP contribution is -2.65. The zero-order chi connectivity index (χ0) is 16.9. The van der Waals surface area contributed by atoms with Gasteiger partial charge in [0.2, 0.25) is 0 Å². The van der Waals surface area contributed by atoms with E-state index in [9.17, 15) is 4.79 Å². The number of hydrogen-bond acceptors (Lipinski definition) is 3. The molecule has 2 aliphatic rings. The van der Waals surface area contributed by atoms with Gasteiger partial charge in [-0.15, -0.1) is 0 Å². The Kier molecular flexibility index (Phi) is 3.46. The lowest BCUT2D eigenvalue weighted by atomic mass is 9.90. The van der Waals surface area contributed by atoms with Gasteiger partial charge in [-0.3, -0.25) is 4.90 Å². The van der Waals surface area contributed by atoms with Gasteiger partial charge >= 0.3 is 6.03 Å². The highest BCUT2D eigenvalue weighted by atomic mass is 79.9. The largest absolute Gasteiger partial charge is 0.495 e. The molecule has 4 rings (SSSR count). The van der Waals surface area contributed by atoms with E-state index in [2.05, 4.69) is 21.2 Å². The lowest BCUT2D eigenvalue weighted by molar-refractivity contribution is 0.0375. The van der Waals surface area contributed by atoms with Crippen molar-refractivity contribution in [3.05, 3.63) is 52.5 Å². The van der Waals surface area contributed by atoms with Gasteiger partial charge in [0.05, 0.1) is 18.8 Å². The van der Waals surface area contributed by atoms with Gasteiger partial charge in [0, 0.05) is 16.5 Å². The van der Waals surface area contributed by atoms with Crippen LogP contribution in [0.5, 0.6) is 11.5 Å². The zero-order valence-corrected chi connectivity index (χ0v) is 15.0. The third-order valence-electron chi connectivity index (χ3n) is 4.56. The van der Waals surface area contributed by atoms with Gasteiger partial charge in [-0.05, 0) is 37.3 Å². The summed E-state index contributed by atoms with van der Waals surface area (Å²) in [7, 11) is 1.60. The Hall–Kier alpha value is -2.21. The van der Waals surface area contributed by atoms with E-state index in [1.54, 1.807) is 12.0 Å². The number of fused-ring (bicyclic) bond motifs is 4. The van der Waals surface area contributed by atoms with Gasteiger partial charge in [-0.25, -0.2) is 4.79 Å². The molecule has 2 aromatic carbocycles. The highest BCUT2D eigenvalue weighted by molar-refractivity contribution is 9.10. The molecule has 1 N–H and O–H groups in total. The number of nitrogens with zero attached hydrogens (tertiary/aromatic N) is 1. The SMILES string of the molecule is COc1ccccc1N1C(=O)N[C@H]2C[C@@]1(C)Oc1ccc(Br)cc12. The third kappa shape index (κ3) is 2.24. The maximum absolute atomic E-state index is 12.8. The Balaban J connectivity index is 1.82. The fraction of sp³-hybridized carbons (Fsp3) is 0.278. The van der Waals surface area contributed by atoms with Crippen LogP contribution < -0.4 is 19.7 Å². The first-order valence-corrected chi connectivity index (χ1v) is 8.53. The van der Waals surface area contributed by atoms with E-state index in [1.165, 1.54) is 0 Å². The molecule has 0 aliphatic carbocycles. The van der Waals surface area contributed by atoms with Crippen molar-refractivity contribution in [3.8, 4) is 11.5 Å². The highest BCUT2D eigenvalue weighted by Crippen LogP contribution is 2.47. The molecule has 2 aliphatic heterocycles. The van der Waals surface area contributed by atoms with E-state index in [4.69, 9.17) is 9.47 Å². The van der Waals surface area contributed by atoms with Crippen molar-refractivity contribution in [2.45, 2.75) is 25.1 Å². The first-order chi connectivity index (χ1) is 11.5. The summed E-state index contributed by atoms with van der Waals surface area (Å²) in [5.74, 6) is 1.43. The number of hydrogen-bond donors (Lipinski definition) is 1. The smallest absolute Gasteiger partial charge is 0.325 e.